The van der Waals surface area contributed by atoms with Gasteiger partial charge in [-0.25, -0.2) is 4.79 Å². The third kappa shape index (κ3) is 8.79. The van der Waals surface area contributed by atoms with E-state index in [0.717, 1.165) is 0 Å². The minimum absolute atomic E-state index is 0.0857. The van der Waals surface area contributed by atoms with Crippen LogP contribution in [0.15, 0.2) is 0 Å². The van der Waals surface area contributed by atoms with E-state index in [9.17, 15) is 9.59 Å². The Hall–Kier alpha value is -1.30. The molecule has 0 aliphatic carbocycles. The SMILES string of the molecule is CC(CCC(=O)O)NCCOC(N)=O. The smallest absolute Gasteiger partial charge is 0.404 e. The van der Waals surface area contributed by atoms with Gasteiger partial charge >= 0.3 is 12.1 Å². The lowest BCUT2D eigenvalue weighted by Gasteiger charge is -2.11. The van der Waals surface area contributed by atoms with Gasteiger partial charge in [0.15, 0.2) is 0 Å². The molecule has 1 atom stereocenters. The molecule has 0 aliphatic heterocycles. The Labute approximate surface area is 82.4 Å². The molecular weight excluding hydrogens is 188 g/mol. The van der Waals surface area contributed by atoms with Gasteiger partial charge in [0.1, 0.15) is 6.61 Å². The highest BCUT2D eigenvalue weighted by atomic mass is 16.5. The van der Waals surface area contributed by atoms with Crippen LogP contribution < -0.4 is 11.1 Å². The number of ether oxygens (including phenoxy) is 1. The summed E-state index contributed by atoms with van der Waals surface area (Å²) in [6, 6.07) is 0.0857. The van der Waals surface area contributed by atoms with E-state index < -0.39 is 12.1 Å². The molecule has 0 saturated heterocycles. The molecular formula is C8H16N2O4. The molecule has 82 valence electrons. The molecule has 14 heavy (non-hydrogen) atoms. The lowest BCUT2D eigenvalue weighted by atomic mass is 10.2. The van der Waals surface area contributed by atoms with Crippen LogP contribution in [0.4, 0.5) is 4.79 Å². The summed E-state index contributed by atoms with van der Waals surface area (Å²) in [5.41, 5.74) is 4.74. The highest BCUT2D eigenvalue weighted by Gasteiger charge is 2.04. The number of hydrogen-bond donors (Lipinski definition) is 3. The van der Waals surface area contributed by atoms with Gasteiger partial charge in [-0.05, 0) is 13.3 Å². The molecule has 6 heteroatoms. The molecule has 0 saturated carbocycles. The minimum Gasteiger partial charge on any atom is -0.481 e. The van der Waals surface area contributed by atoms with Gasteiger partial charge in [0.25, 0.3) is 0 Å². The third-order valence-corrected chi connectivity index (χ3v) is 1.63. The maximum absolute atomic E-state index is 10.2. The van der Waals surface area contributed by atoms with Crippen LogP contribution in [0.3, 0.4) is 0 Å². The van der Waals surface area contributed by atoms with Crippen LogP contribution in [0.5, 0.6) is 0 Å². The van der Waals surface area contributed by atoms with Crippen molar-refractivity contribution >= 4 is 12.1 Å². The molecule has 1 unspecified atom stereocenters. The molecule has 0 spiro atoms. The van der Waals surface area contributed by atoms with E-state index >= 15 is 0 Å². The standard InChI is InChI=1S/C8H16N2O4/c1-6(2-3-7(11)12)10-4-5-14-8(9)13/h6,10H,2-5H2,1H3,(H2,9,13)(H,11,12). The zero-order valence-corrected chi connectivity index (χ0v) is 8.16. The highest BCUT2D eigenvalue weighted by molar-refractivity contribution is 5.66. The number of hydrogen-bond acceptors (Lipinski definition) is 4. The fourth-order valence-corrected chi connectivity index (χ4v) is 0.899. The number of primary amides is 1. The summed E-state index contributed by atoms with van der Waals surface area (Å²) in [7, 11) is 0. The molecule has 4 N–H and O–H groups in total. The van der Waals surface area contributed by atoms with E-state index in [2.05, 4.69) is 10.1 Å². The Morgan fingerprint density at radius 3 is 2.71 bits per heavy atom. The fourth-order valence-electron chi connectivity index (χ4n) is 0.899. The molecule has 6 nitrogen and oxygen atoms in total. The Morgan fingerprint density at radius 2 is 2.21 bits per heavy atom. The van der Waals surface area contributed by atoms with Crippen molar-refractivity contribution in [1.82, 2.24) is 5.32 Å². The number of carboxylic acid groups (broad SMARTS) is 1. The normalized spacial score (nSPS) is 12.1. The Kier molecular flexibility index (Phi) is 6.47. The molecule has 0 radical (unpaired) electrons. The number of carbonyl (C=O) groups is 2. The van der Waals surface area contributed by atoms with Gasteiger partial charge in [-0.2, -0.15) is 0 Å². The Balaban J connectivity index is 3.30. The number of carboxylic acids is 1. The summed E-state index contributed by atoms with van der Waals surface area (Å²) in [5.74, 6) is -0.813. The number of carbonyl (C=O) groups excluding carboxylic acids is 1. The number of nitrogens with two attached hydrogens (primary N) is 1. The van der Waals surface area contributed by atoms with Crippen molar-refractivity contribution in [2.45, 2.75) is 25.8 Å². The second-order valence-electron chi connectivity index (χ2n) is 2.96. The van der Waals surface area contributed by atoms with Gasteiger partial charge in [0, 0.05) is 19.0 Å². The van der Waals surface area contributed by atoms with E-state index in [1.807, 2.05) is 6.92 Å². The van der Waals surface area contributed by atoms with Crippen molar-refractivity contribution in [3.8, 4) is 0 Å². The lowest BCUT2D eigenvalue weighted by Crippen LogP contribution is -2.31. The van der Waals surface area contributed by atoms with Crippen LogP contribution in [-0.4, -0.2) is 36.4 Å². The topological polar surface area (TPSA) is 102 Å². The van der Waals surface area contributed by atoms with Crippen molar-refractivity contribution in [3.05, 3.63) is 0 Å². The summed E-state index contributed by atoms with van der Waals surface area (Å²) in [6.07, 6.45) is -0.124. The number of amides is 1. The summed E-state index contributed by atoms with van der Waals surface area (Å²) < 4.78 is 4.48. The van der Waals surface area contributed by atoms with E-state index in [0.29, 0.717) is 13.0 Å². The second-order valence-corrected chi connectivity index (χ2v) is 2.96. The molecule has 0 aliphatic rings. The molecule has 0 aromatic carbocycles. The van der Waals surface area contributed by atoms with Gasteiger partial charge in [-0.15, -0.1) is 0 Å². The van der Waals surface area contributed by atoms with E-state index in [1.165, 1.54) is 0 Å². The van der Waals surface area contributed by atoms with Crippen LogP contribution in [0.1, 0.15) is 19.8 Å². The van der Waals surface area contributed by atoms with Gasteiger partial charge in [0.05, 0.1) is 0 Å². The van der Waals surface area contributed by atoms with Crippen LogP contribution in [0.2, 0.25) is 0 Å². The summed E-state index contributed by atoms with van der Waals surface area (Å²) >= 11 is 0. The molecule has 0 fully saturated rings. The first-order chi connectivity index (χ1) is 6.52. The fraction of sp³-hybridized carbons (Fsp3) is 0.750. The van der Waals surface area contributed by atoms with Crippen LogP contribution >= 0.6 is 0 Å². The first-order valence-corrected chi connectivity index (χ1v) is 4.39. The quantitative estimate of drug-likeness (QED) is 0.503. The van der Waals surface area contributed by atoms with Crippen LogP contribution in [-0.2, 0) is 9.53 Å². The average molecular weight is 204 g/mol. The zero-order chi connectivity index (χ0) is 11.0. The Bertz CT molecular complexity index is 196. The second kappa shape index (κ2) is 7.14. The van der Waals surface area contributed by atoms with Gasteiger partial charge in [-0.3, -0.25) is 4.79 Å². The van der Waals surface area contributed by atoms with Crippen molar-refractivity contribution in [3.63, 3.8) is 0 Å². The van der Waals surface area contributed by atoms with E-state index in [4.69, 9.17) is 10.8 Å². The van der Waals surface area contributed by atoms with Crippen LogP contribution in [0.25, 0.3) is 0 Å². The van der Waals surface area contributed by atoms with Gasteiger partial charge in [0.2, 0.25) is 0 Å². The number of nitrogens with one attached hydrogen (secondary N) is 1. The molecule has 0 aromatic rings. The molecule has 0 aromatic heterocycles. The van der Waals surface area contributed by atoms with Gasteiger partial charge in [-0.1, -0.05) is 0 Å². The maximum Gasteiger partial charge on any atom is 0.404 e. The predicted octanol–water partition coefficient (Wildman–Crippen LogP) is -0.0754. The maximum atomic E-state index is 10.2. The van der Waals surface area contributed by atoms with E-state index in [1.54, 1.807) is 0 Å². The van der Waals surface area contributed by atoms with Crippen molar-refractivity contribution in [2.24, 2.45) is 5.73 Å². The predicted molar refractivity (Wildman–Crippen MR) is 49.9 cm³/mol. The first kappa shape index (κ1) is 12.7. The lowest BCUT2D eigenvalue weighted by molar-refractivity contribution is -0.137. The Morgan fingerprint density at radius 1 is 1.57 bits per heavy atom. The molecule has 0 rings (SSSR count). The number of aliphatic carboxylic acids is 1. The summed E-state index contributed by atoms with van der Waals surface area (Å²) in [6.45, 7) is 2.55. The number of rotatable bonds is 7. The van der Waals surface area contributed by atoms with Gasteiger partial charge < -0.3 is 20.9 Å². The summed E-state index contributed by atoms with van der Waals surface area (Å²) in [4.78, 5) is 20.4. The van der Waals surface area contributed by atoms with Crippen LogP contribution in [0, 0.1) is 0 Å². The first-order valence-electron chi connectivity index (χ1n) is 4.39. The molecule has 1 amide bonds. The molecule has 0 bridgehead atoms. The largest absolute Gasteiger partial charge is 0.481 e. The third-order valence-electron chi connectivity index (χ3n) is 1.63. The molecule has 0 heterocycles. The summed E-state index contributed by atoms with van der Waals surface area (Å²) in [5, 5.41) is 11.4. The van der Waals surface area contributed by atoms with Crippen molar-refractivity contribution in [2.75, 3.05) is 13.2 Å². The minimum atomic E-state index is -0.813. The zero-order valence-electron chi connectivity index (χ0n) is 8.16. The van der Waals surface area contributed by atoms with E-state index in [-0.39, 0.29) is 19.1 Å². The average Bonchev–Trinajstić information content (AvgIpc) is 2.08. The monoisotopic (exact) mass is 204 g/mol. The highest BCUT2D eigenvalue weighted by Crippen LogP contribution is 1.95. The van der Waals surface area contributed by atoms with Crippen molar-refractivity contribution in [1.29, 1.82) is 0 Å². The van der Waals surface area contributed by atoms with Crippen molar-refractivity contribution < 1.29 is 19.4 Å².